The van der Waals surface area contributed by atoms with E-state index in [0.717, 1.165) is 72.4 Å². The Morgan fingerprint density at radius 2 is 0.887 bits per heavy atom. The van der Waals surface area contributed by atoms with Crippen molar-refractivity contribution in [3.8, 4) is 44.8 Å². The summed E-state index contributed by atoms with van der Waals surface area (Å²) < 4.78 is 12.7. The highest BCUT2D eigenvalue weighted by Crippen LogP contribution is 2.43. The molecule has 4 heteroatoms. The topological polar surface area (TPSA) is 42.4 Å². The standard InChI is InChI=1S/C49H32N2O2/c1-4-12-33(13-5-1)34-20-22-35(23-21-34)36-24-26-39(27-25-36)51(45-19-11-10-18-41(45)37-14-6-2-7-15-37)40-28-29-46-42(30-40)43-31-48-44(32-47(43)52-46)50-49(53-48)38-16-8-3-9-17-38/h1-32H. The molecule has 0 saturated carbocycles. The maximum atomic E-state index is 6.42. The van der Waals surface area contributed by atoms with E-state index in [2.05, 4.69) is 157 Å². The van der Waals surface area contributed by atoms with Gasteiger partial charge in [-0.15, -0.1) is 0 Å². The number of anilines is 3. The Hall–Kier alpha value is -7.17. The average molecular weight is 681 g/mol. The first-order valence-corrected chi connectivity index (χ1v) is 17.8. The summed E-state index contributed by atoms with van der Waals surface area (Å²) in [5.41, 5.74) is 14.2. The number of furan rings is 1. The van der Waals surface area contributed by atoms with Gasteiger partial charge in [-0.2, -0.15) is 0 Å². The number of nitrogens with zero attached hydrogens (tertiary/aromatic N) is 2. The predicted octanol–water partition coefficient (Wildman–Crippen LogP) is 13.9. The molecule has 0 spiro atoms. The Balaban J connectivity index is 1.09. The van der Waals surface area contributed by atoms with Crippen molar-refractivity contribution in [1.29, 1.82) is 0 Å². The summed E-state index contributed by atoms with van der Waals surface area (Å²) >= 11 is 0. The highest BCUT2D eigenvalue weighted by molar-refractivity contribution is 6.10. The molecule has 0 aliphatic rings. The van der Waals surface area contributed by atoms with Crippen LogP contribution in [0, 0.1) is 0 Å². The molecule has 250 valence electrons. The molecule has 2 aromatic heterocycles. The second kappa shape index (κ2) is 12.9. The quantitative estimate of drug-likeness (QED) is 0.168. The molecule has 8 aromatic carbocycles. The first-order valence-electron chi connectivity index (χ1n) is 17.8. The van der Waals surface area contributed by atoms with Crippen LogP contribution >= 0.6 is 0 Å². The van der Waals surface area contributed by atoms with Crippen LogP contribution in [0.15, 0.2) is 203 Å². The zero-order valence-electron chi connectivity index (χ0n) is 28.7. The Labute approximate surface area is 306 Å². The van der Waals surface area contributed by atoms with Crippen molar-refractivity contribution in [2.24, 2.45) is 0 Å². The highest BCUT2D eigenvalue weighted by Gasteiger charge is 2.20. The fourth-order valence-electron chi connectivity index (χ4n) is 7.28. The Morgan fingerprint density at radius 1 is 0.358 bits per heavy atom. The van der Waals surface area contributed by atoms with Crippen molar-refractivity contribution in [3.05, 3.63) is 194 Å². The number of fused-ring (bicyclic) bond motifs is 4. The number of benzene rings is 8. The highest BCUT2D eigenvalue weighted by atomic mass is 16.4. The minimum Gasteiger partial charge on any atom is -0.456 e. The lowest BCUT2D eigenvalue weighted by Crippen LogP contribution is -2.11. The molecule has 2 heterocycles. The average Bonchev–Trinajstić information content (AvgIpc) is 3.82. The van der Waals surface area contributed by atoms with E-state index in [-0.39, 0.29) is 0 Å². The van der Waals surface area contributed by atoms with Crippen molar-refractivity contribution < 1.29 is 8.83 Å². The van der Waals surface area contributed by atoms with Crippen LogP contribution in [0.25, 0.3) is 77.9 Å². The van der Waals surface area contributed by atoms with E-state index in [9.17, 15) is 0 Å². The Morgan fingerprint density at radius 3 is 1.57 bits per heavy atom. The third-order valence-electron chi connectivity index (χ3n) is 9.92. The molecule has 0 bridgehead atoms. The van der Waals surface area contributed by atoms with E-state index >= 15 is 0 Å². The molecule has 0 radical (unpaired) electrons. The summed E-state index contributed by atoms with van der Waals surface area (Å²) in [4.78, 5) is 7.12. The van der Waals surface area contributed by atoms with Gasteiger partial charge in [0.1, 0.15) is 16.7 Å². The lowest BCUT2D eigenvalue weighted by atomic mass is 9.99. The molecule has 0 saturated heterocycles. The molecule has 4 nitrogen and oxygen atoms in total. The van der Waals surface area contributed by atoms with Crippen LogP contribution < -0.4 is 4.90 Å². The molecule has 0 aliphatic carbocycles. The van der Waals surface area contributed by atoms with Crippen LogP contribution in [-0.4, -0.2) is 4.98 Å². The summed E-state index contributed by atoms with van der Waals surface area (Å²) in [7, 11) is 0. The maximum absolute atomic E-state index is 6.42. The molecule has 0 N–H and O–H groups in total. The lowest BCUT2D eigenvalue weighted by Gasteiger charge is -2.28. The van der Waals surface area contributed by atoms with Crippen LogP contribution in [-0.2, 0) is 0 Å². The van der Waals surface area contributed by atoms with E-state index in [4.69, 9.17) is 13.8 Å². The number of para-hydroxylation sites is 1. The summed E-state index contributed by atoms with van der Waals surface area (Å²) in [6.45, 7) is 0. The van der Waals surface area contributed by atoms with Crippen molar-refractivity contribution in [2.75, 3.05) is 4.90 Å². The van der Waals surface area contributed by atoms with Crippen LogP contribution in [0.2, 0.25) is 0 Å². The smallest absolute Gasteiger partial charge is 0.227 e. The van der Waals surface area contributed by atoms with E-state index in [1.54, 1.807) is 0 Å². The van der Waals surface area contributed by atoms with Gasteiger partial charge in [-0.25, -0.2) is 4.98 Å². The molecule has 0 atom stereocenters. The summed E-state index contributed by atoms with van der Waals surface area (Å²) in [5, 5.41) is 1.99. The Bertz CT molecular complexity index is 2860. The van der Waals surface area contributed by atoms with E-state index in [1.807, 2.05) is 42.5 Å². The third kappa shape index (κ3) is 5.63. The summed E-state index contributed by atoms with van der Waals surface area (Å²) in [6, 6.07) is 67.7. The van der Waals surface area contributed by atoms with Crippen molar-refractivity contribution in [3.63, 3.8) is 0 Å². The summed E-state index contributed by atoms with van der Waals surface area (Å²) in [6.07, 6.45) is 0. The largest absolute Gasteiger partial charge is 0.456 e. The minimum atomic E-state index is 0.595. The zero-order chi connectivity index (χ0) is 35.1. The van der Waals surface area contributed by atoms with Gasteiger partial charge in [-0.1, -0.05) is 133 Å². The van der Waals surface area contributed by atoms with Gasteiger partial charge in [0, 0.05) is 39.3 Å². The Kier molecular flexibility index (Phi) is 7.43. The molecule has 0 fully saturated rings. The molecule has 0 unspecified atom stereocenters. The molecule has 10 rings (SSSR count). The molecular formula is C49H32N2O2. The van der Waals surface area contributed by atoms with Gasteiger partial charge in [0.2, 0.25) is 5.89 Å². The van der Waals surface area contributed by atoms with Gasteiger partial charge < -0.3 is 13.7 Å². The van der Waals surface area contributed by atoms with Crippen molar-refractivity contribution in [2.45, 2.75) is 0 Å². The molecule has 53 heavy (non-hydrogen) atoms. The molecule has 10 aromatic rings. The first-order chi connectivity index (χ1) is 26.2. The number of hydrogen-bond acceptors (Lipinski definition) is 4. The zero-order valence-corrected chi connectivity index (χ0v) is 28.7. The monoisotopic (exact) mass is 680 g/mol. The number of rotatable bonds is 7. The van der Waals surface area contributed by atoms with E-state index in [0.29, 0.717) is 5.89 Å². The fraction of sp³-hybridized carbons (Fsp3) is 0. The summed E-state index contributed by atoms with van der Waals surface area (Å²) in [5.74, 6) is 0.595. The van der Waals surface area contributed by atoms with Gasteiger partial charge in [0.05, 0.1) is 5.69 Å². The predicted molar refractivity (Wildman–Crippen MR) is 218 cm³/mol. The van der Waals surface area contributed by atoms with Gasteiger partial charge in [0.25, 0.3) is 0 Å². The van der Waals surface area contributed by atoms with E-state index < -0.39 is 0 Å². The normalized spacial score (nSPS) is 11.4. The minimum absolute atomic E-state index is 0.595. The van der Waals surface area contributed by atoms with Gasteiger partial charge >= 0.3 is 0 Å². The molecular weight excluding hydrogens is 649 g/mol. The van der Waals surface area contributed by atoms with Crippen molar-refractivity contribution >= 4 is 50.1 Å². The second-order valence-corrected chi connectivity index (χ2v) is 13.2. The third-order valence-corrected chi connectivity index (χ3v) is 9.92. The van der Waals surface area contributed by atoms with Crippen LogP contribution in [0.1, 0.15) is 0 Å². The second-order valence-electron chi connectivity index (χ2n) is 13.2. The van der Waals surface area contributed by atoms with Gasteiger partial charge in [0.15, 0.2) is 5.58 Å². The van der Waals surface area contributed by atoms with Crippen LogP contribution in [0.3, 0.4) is 0 Å². The van der Waals surface area contributed by atoms with Gasteiger partial charge in [-0.3, -0.25) is 0 Å². The van der Waals surface area contributed by atoms with Crippen molar-refractivity contribution in [1.82, 2.24) is 4.98 Å². The number of hydrogen-bond donors (Lipinski definition) is 0. The first kappa shape index (κ1) is 30.6. The van der Waals surface area contributed by atoms with Crippen LogP contribution in [0.4, 0.5) is 17.1 Å². The molecule has 0 aliphatic heterocycles. The fourth-order valence-corrected chi connectivity index (χ4v) is 7.28. The lowest BCUT2D eigenvalue weighted by molar-refractivity contribution is 0.620. The van der Waals surface area contributed by atoms with Crippen LogP contribution in [0.5, 0.6) is 0 Å². The number of oxazole rings is 1. The SMILES string of the molecule is c1ccc(-c2ccc(-c3ccc(N(c4ccc5oc6cc7nc(-c8ccccc8)oc7cc6c5c4)c4ccccc4-c4ccccc4)cc3)cc2)cc1. The van der Waals surface area contributed by atoms with E-state index in [1.165, 1.54) is 16.7 Å². The van der Waals surface area contributed by atoms with Gasteiger partial charge in [-0.05, 0) is 82.4 Å². The number of aromatic nitrogens is 1. The molecule has 0 amide bonds. The maximum Gasteiger partial charge on any atom is 0.227 e.